The molecule has 7 heteroatoms. The van der Waals surface area contributed by atoms with E-state index in [4.69, 9.17) is 16.6 Å². The topological polar surface area (TPSA) is 61.9 Å². The van der Waals surface area contributed by atoms with Crippen LogP contribution < -0.4 is 5.56 Å². The van der Waals surface area contributed by atoms with Crippen molar-refractivity contribution < 1.29 is 0 Å². The van der Waals surface area contributed by atoms with Gasteiger partial charge in [0, 0.05) is 22.5 Å². The van der Waals surface area contributed by atoms with Crippen LogP contribution in [-0.2, 0) is 13.1 Å². The Balaban J connectivity index is 1.51. The zero-order valence-corrected chi connectivity index (χ0v) is 16.9. The van der Waals surface area contributed by atoms with Crippen molar-refractivity contribution in [3.8, 4) is 10.6 Å². The molecule has 0 unspecified atom stereocenters. The monoisotopic (exact) mass is 410 g/mol. The molecule has 4 rings (SSSR count). The molecule has 5 nitrogen and oxygen atoms in total. The van der Waals surface area contributed by atoms with Crippen molar-refractivity contribution in [1.29, 1.82) is 0 Å². The van der Waals surface area contributed by atoms with Gasteiger partial charge in [-0.25, -0.2) is 9.97 Å². The molecule has 0 spiro atoms. The van der Waals surface area contributed by atoms with Crippen molar-refractivity contribution in [3.05, 3.63) is 80.8 Å². The molecule has 0 bridgehead atoms. The van der Waals surface area contributed by atoms with Gasteiger partial charge in [-0.1, -0.05) is 42.8 Å². The summed E-state index contributed by atoms with van der Waals surface area (Å²) in [6.45, 7) is 4.16. The number of hydrogen-bond acceptors (Lipinski definition) is 5. The van der Waals surface area contributed by atoms with Crippen molar-refractivity contribution in [3.63, 3.8) is 0 Å². The summed E-state index contributed by atoms with van der Waals surface area (Å²) >= 11 is 7.58. The Kier molecular flexibility index (Phi) is 5.52. The SMILES string of the molecule is CCN(Cc1csc(-c2ccc(Cl)cc2)n1)Cc1nc2ccccc2c(=O)[nH]1. The van der Waals surface area contributed by atoms with E-state index in [0.29, 0.717) is 24.3 Å². The molecule has 2 aromatic heterocycles. The first-order chi connectivity index (χ1) is 13.6. The lowest BCUT2D eigenvalue weighted by molar-refractivity contribution is 0.262. The number of thiazole rings is 1. The number of halogens is 1. The maximum atomic E-state index is 12.3. The highest BCUT2D eigenvalue weighted by molar-refractivity contribution is 7.13. The number of aromatic nitrogens is 3. The zero-order chi connectivity index (χ0) is 19.5. The molecule has 0 atom stereocenters. The Bertz CT molecular complexity index is 1150. The summed E-state index contributed by atoms with van der Waals surface area (Å²) in [6.07, 6.45) is 0. The Morgan fingerprint density at radius 2 is 1.86 bits per heavy atom. The summed E-state index contributed by atoms with van der Waals surface area (Å²) < 4.78 is 0. The molecular weight excluding hydrogens is 392 g/mol. The number of aromatic amines is 1. The van der Waals surface area contributed by atoms with Gasteiger partial charge in [-0.15, -0.1) is 11.3 Å². The Labute approximate surface area is 171 Å². The molecule has 0 saturated carbocycles. The predicted molar refractivity (Wildman–Crippen MR) is 115 cm³/mol. The molecule has 28 heavy (non-hydrogen) atoms. The molecule has 2 heterocycles. The number of hydrogen-bond donors (Lipinski definition) is 1. The van der Waals surface area contributed by atoms with Gasteiger partial charge in [0.05, 0.1) is 23.1 Å². The van der Waals surface area contributed by atoms with Crippen molar-refractivity contribution in [2.24, 2.45) is 0 Å². The van der Waals surface area contributed by atoms with Gasteiger partial charge in [0.15, 0.2) is 0 Å². The minimum Gasteiger partial charge on any atom is -0.309 e. The molecule has 0 fully saturated rings. The van der Waals surface area contributed by atoms with Crippen LogP contribution >= 0.6 is 22.9 Å². The van der Waals surface area contributed by atoms with Crippen molar-refractivity contribution in [2.45, 2.75) is 20.0 Å². The lowest BCUT2D eigenvalue weighted by Crippen LogP contribution is -2.25. The van der Waals surface area contributed by atoms with E-state index < -0.39 is 0 Å². The minimum atomic E-state index is -0.102. The summed E-state index contributed by atoms with van der Waals surface area (Å²) in [4.78, 5) is 26.7. The molecule has 1 N–H and O–H groups in total. The van der Waals surface area contributed by atoms with Crippen LogP contribution in [0, 0.1) is 0 Å². The van der Waals surface area contributed by atoms with Gasteiger partial charge < -0.3 is 4.98 Å². The minimum absolute atomic E-state index is 0.102. The third-order valence-electron chi connectivity index (χ3n) is 4.51. The number of para-hydroxylation sites is 1. The number of fused-ring (bicyclic) bond motifs is 1. The van der Waals surface area contributed by atoms with Crippen molar-refractivity contribution in [2.75, 3.05) is 6.54 Å². The highest BCUT2D eigenvalue weighted by atomic mass is 35.5. The van der Waals surface area contributed by atoms with E-state index in [1.807, 2.05) is 42.5 Å². The molecule has 142 valence electrons. The standard InChI is InChI=1S/C21H19ClN4OS/c1-2-26(12-19-24-18-6-4-3-5-17(18)20(27)25-19)11-16-13-28-21(23-16)14-7-9-15(22)10-8-14/h3-10,13H,2,11-12H2,1H3,(H,24,25,27). The van der Waals surface area contributed by atoms with Crippen LogP contribution in [0.25, 0.3) is 21.5 Å². The first-order valence-corrected chi connectivity index (χ1v) is 10.3. The van der Waals surface area contributed by atoms with Gasteiger partial charge in [-0.3, -0.25) is 9.69 Å². The van der Waals surface area contributed by atoms with Crippen LogP contribution in [0.2, 0.25) is 5.02 Å². The second-order valence-electron chi connectivity index (χ2n) is 6.48. The van der Waals surface area contributed by atoms with E-state index in [2.05, 4.69) is 27.2 Å². The van der Waals surface area contributed by atoms with Crippen LogP contribution in [0.1, 0.15) is 18.4 Å². The normalized spacial score (nSPS) is 11.4. The van der Waals surface area contributed by atoms with Gasteiger partial charge in [0.25, 0.3) is 5.56 Å². The zero-order valence-electron chi connectivity index (χ0n) is 15.4. The van der Waals surface area contributed by atoms with Crippen LogP contribution in [0.3, 0.4) is 0 Å². The molecule has 0 saturated heterocycles. The summed E-state index contributed by atoms with van der Waals surface area (Å²) in [7, 11) is 0. The predicted octanol–water partition coefficient (Wildman–Crippen LogP) is 4.72. The maximum Gasteiger partial charge on any atom is 0.258 e. The fourth-order valence-corrected chi connectivity index (χ4v) is 3.98. The molecule has 0 amide bonds. The molecule has 2 aromatic carbocycles. The van der Waals surface area contributed by atoms with E-state index in [1.165, 1.54) is 0 Å². The van der Waals surface area contributed by atoms with Crippen LogP contribution in [0.15, 0.2) is 58.7 Å². The van der Waals surface area contributed by atoms with Gasteiger partial charge in [0.1, 0.15) is 10.8 Å². The van der Waals surface area contributed by atoms with E-state index >= 15 is 0 Å². The number of benzene rings is 2. The van der Waals surface area contributed by atoms with E-state index in [1.54, 1.807) is 17.4 Å². The van der Waals surface area contributed by atoms with E-state index in [9.17, 15) is 4.79 Å². The third-order valence-corrected chi connectivity index (χ3v) is 5.70. The molecule has 0 aliphatic carbocycles. The summed E-state index contributed by atoms with van der Waals surface area (Å²) in [5.74, 6) is 0.665. The molecular formula is C21H19ClN4OS. The van der Waals surface area contributed by atoms with Gasteiger partial charge >= 0.3 is 0 Å². The fourth-order valence-electron chi connectivity index (χ4n) is 3.03. The number of nitrogens with zero attached hydrogens (tertiary/aromatic N) is 3. The van der Waals surface area contributed by atoms with Crippen LogP contribution in [-0.4, -0.2) is 26.4 Å². The number of H-pyrrole nitrogens is 1. The second-order valence-corrected chi connectivity index (χ2v) is 7.78. The molecule has 0 aliphatic rings. The first kappa shape index (κ1) is 18.8. The van der Waals surface area contributed by atoms with Crippen LogP contribution in [0.4, 0.5) is 0 Å². The average Bonchev–Trinajstić information content (AvgIpc) is 3.16. The number of nitrogens with one attached hydrogen (secondary N) is 1. The lowest BCUT2D eigenvalue weighted by Gasteiger charge is -2.18. The average molecular weight is 411 g/mol. The van der Waals surface area contributed by atoms with Crippen molar-refractivity contribution >= 4 is 33.8 Å². The smallest absolute Gasteiger partial charge is 0.258 e. The largest absolute Gasteiger partial charge is 0.309 e. The van der Waals surface area contributed by atoms with Crippen molar-refractivity contribution in [1.82, 2.24) is 19.9 Å². The lowest BCUT2D eigenvalue weighted by atomic mass is 10.2. The highest BCUT2D eigenvalue weighted by Crippen LogP contribution is 2.25. The summed E-state index contributed by atoms with van der Waals surface area (Å²) in [5, 5.41) is 4.37. The third kappa shape index (κ3) is 4.14. The Morgan fingerprint density at radius 1 is 1.07 bits per heavy atom. The van der Waals surface area contributed by atoms with Gasteiger partial charge in [-0.2, -0.15) is 0 Å². The first-order valence-electron chi connectivity index (χ1n) is 9.03. The van der Waals surface area contributed by atoms with Gasteiger partial charge in [-0.05, 0) is 30.8 Å². The molecule has 0 aliphatic heterocycles. The molecule has 4 aromatic rings. The highest BCUT2D eigenvalue weighted by Gasteiger charge is 2.12. The van der Waals surface area contributed by atoms with Gasteiger partial charge in [0.2, 0.25) is 0 Å². The Hall–Kier alpha value is -2.54. The Morgan fingerprint density at radius 3 is 2.64 bits per heavy atom. The fraction of sp³-hybridized carbons (Fsp3) is 0.190. The second kappa shape index (κ2) is 8.22. The van der Waals surface area contributed by atoms with Crippen LogP contribution in [0.5, 0.6) is 0 Å². The summed E-state index contributed by atoms with van der Waals surface area (Å²) in [6, 6.07) is 15.1. The summed E-state index contributed by atoms with van der Waals surface area (Å²) in [5.41, 5.74) is 2.68. The molecule has 0 radical (unpaired) electrons. The number of rotatable bonds is 6. The maximum absolute atomic E-state index is 12.3. The van der Waals surface area contributed by atoms with E-state index in [0.717, 1.165) is 33.3 Å². The van der Waals surface area contributed by atoms with E-state index in [-0.39, 0.29) is 5.56 Å². The quantitative estimate of drug-likeness (QED) is 0.499.